The predicted molar refractivity (Wildman–Crippen MR) is 115 cm³/mol. The highest BCUT2D eigenvalue weighted by atomic mass is 35.5. The highest BCUT2D eigenvalue weighted by molar-refractivity contribution is 6.43. The van der Waals surface area contributed by atoms with E-state index < -0.39 is 5.60 Å². The summed E-state index contributed by atoms with van der Waals surface area (Å²) in [4.78, 5) is 4.92. The van der Waals surface area contributed by atoms with Crippen molar-refractivity contribution in [2.24, 2.45) is 5.92 Å². The number of hydrogen-bond acceptors (Lipinski definition) is 4. The Bertz CT molecular complexity index is 606. The molecular formula is C21H33Cl2N3O. The Hall–Kier alpha value is -0.520. The molecule has 0 atom stereocenters. The van der Waals surface area contributed by atoms with E-state index in [0.717, 1.165) is 50.7 Å². The average Bonchev–Trinajstić information content (AvgIpc) is 2.58. The molecule has 0 unspecified atom stereocenters. The molecular weight excluding hydrogens is 381 g/mol. The fourth-order valence-corrected chi connectivity index (χ4v) is 4.45. The van der Waals surface area contributed by atoms with Crippen LogP contribution in [-0.4, -0.2) is 60.9 Å². The number of halogens is 2. The van der Waals surface area contributed by atoms with Crippen LogP contribution in [0.25, 0.3) is 0 Å². The van der Waals surface area contributed by atoms with E-state index in [9.17, 15) is 5.11 Å². The zero-order valence-corrected chi connectivity index (χ0v) is 18.1. The molecule has 27 heavy (non-hydrogen) atoms. The molecule has 1 saturated carbocycles. The van der Waals surface area contributed by atoms with Crippen LogP contribution in [0.5, 0.6) is 0 Å². The van der Waals surface area contributed by atoms with Gasteiger partial charge >= 0.3 is 0 Å². The van der Waals surface area contributed by atoms with Crippen LogP contribution in [0.3, 0.4) is 0 Å². The zero-order valence-electron chi connectivity index (χ0n) is 16.6. The van der Waals surface area contributed by atoms with Crippen molar-refractivity contribution >= 4 is 28.9 Å². The summed E-state index contributed by atoms with van der Waals surface area (Å²) in [6.45, 7) is 10.0. The normalized spacial score (nSPS) is 24.1. The maximum atomic E-state index is 9.76. The van der Waals surface area contributed by atoms with Crippen molar-refractivity contribution in [3.05, 3.63) is 28.2 Å². The third-order valence-electron chi connectivity index (χ3n) is 5.90. The average molecular weight is 414 g/mol. The van der Waals surface area contributed by atoms with Gasteiger partial charge in [0, 0.05) is 32.2 Å². The molecule has 2 aliphatic rings. The first-order valence-corrected chi connectivity index (χ1v) is 10.9. The Morgan fingerprint density at radius 3 is 2.52 bits per heavy atom. The Kier molecular flexibility index (Phi) is 7.32. The van der Waals surface area contributed by atoms with E-state index in [0.29, 0.717) is 16.1 Å². The molecule has 1 aromatic carbocycles. The molecule has 1 aliphatic heterocycles. The molecule has 1 aliphatic carbocycles. The first-order valence-electron chi connectivity index (χ1n) is 10.2. The van der Waals surface area contributed by atoms with Crippen LogP contribution in [-0.2, 0) is 0 Å². The molecule has 6 heteroatoms. The molecule has 1 saturated heterocycles. The highest BCUT2D eigenvalue weighted by Gasteiger charge is 2.29. The van der Waals surface area contributed by atoms with Gasteiger partial charge in [-0.2, -0.15) is 0 Å². The monoisotopic (exact) mass is 413 g/mol. The minimum absolute atomic E-state index is 0.562. The van der Waals surface area contributed by atoms with Crippen LogP contribution < -0.4 is 10.2 Å². The van der Waals surface area contributed by atoms with Gasteiger partial charge in [-0.05, 0) is 70.7 Å². The number of hydrogen-bond donors (Lipinski definition) is 2. The Morgan fingerprint density at radius 1 is 1.15 bits per heavy atom. The SMILES string of the molecule is CC(C)(O)CCNC1CC(CCN2CCN(c3cccc(Cl)c3Cl)CC2)C1. The van der Waals surface area contributed by atoms with E-state index in [4.69, 9.17) is 23.2 Å². The van der Waals surface area contributed by atoms with Crippen molar-refractivity contribution in [3.63, 3.8) is 0 Å². The van der Waals surface area contributed by atoms with E-state index in [1.807, 2.05) is 26.0 Å². The molecule has 3 rings (SSSR count). The van der Waals surface area contributed by atoms with Crippen LogP contribution in [0.2, 0.25) is 10.0 Å². The summed E-state index contributed by atoms with van der Waals surface area (Å²) in [5.41, 5.74) is 0.496. The molecule has 1 heterocycles. The molecule has 152 valence electrons. The maximum Gasteiger partial charge on any atom is 0.0825 e. The standard InChI is InChI=1S/C21H33Cl2N3O/c1-21(2,27)7-8-24-17-14-16(15-17)6-9-25-10-12-26(13-11-25)19-5-3-4-18(22)20(19)23/h3-5,16-17,24,27H,6-15H2,1-2H3. The van der Waals surface area contributed by atoms with Crippen molar-refractivity contribution in [1.29, 1.82) is 0 Å². The van der Waals surface area contributed by atoms with Gasteiger partial charge in [-0.3, -0.25) is 4.90 Å². The van der Waals surface area contributed by atoms with E-state index in [-0.39, 0.29) is 0 Å². The number of nitrogens with one attached hydrogen (secondary N) is 1. The van der Waals surface area contributed by atoms with Crippen molar-refractivity contribution in [1.82, 2.24) is 10.2 Å². The van der Waals surface area contributed by atoms with E-state index in [1.54, 1.807) is 0 Å². The van der Waals surface area contributed by atoms with E-state index >= 15 is 0 Å². The number of nitrogens with zero attached hydrogens (tertiary/aromatic N) is 2. The van der Waals surface area contributed by atoms with Crippen molar-refractivity contribution in [3.8, 4) is 0 Å². The molecule has 0 radical (unpaired) electrons. The lowest BCUT2D eigenvalue weighted by molar-refractivity contribution is 0.0674. The number of piperazine rings is 1. The number of benzene rings is 1. The van der Waals surface area contributed by atoms with Gasteiger partial charge in [-0.25, -0.2) is 0 Å². The summed E-state index contributed by atoms with van der Waals surface area (Å²) in [6.07, 6.45) is 4.67. The lowest BCUT2D eigenvalue weighted by Gasteiger charge is -2.40. The zero-order chi connectivity index (χ0) is 19.4. The maximum absolute atomic E-state index is 9.76. The van der Waals surface area contributed by atoms with Crippen LogP contribution >= 0.6 is 23.2 Å². The second-order valence-electron chi connectivity index (χ2n) is 8.74. The largest absolute Gasteiger partial charge is 0.390 e. The quantitative estimate of drug-likeness (QED) is 0.674. The number of anilines is 1. The smallest absolute Gasteiger partial charge is 0.0825 e. The molecule has 0 aromatic heterocycles. The number of rotatable bonds is 8. The summed E-state index contributed by atoms with van der Waals surface area (Å²) in [6, 6.07) is 6.52. The van der Waals surface area contributed by atoms with Crippen LogP contribution in [0.1, 0.15) is 39.5 Å². The van der Waals surface area contributed by atoms with Crippen LogP contribution in [0, 0.1) is 5.92 Å². The third-order valence-corrected chi connectivity index (χ3v) is 6.71. The molecule has 4 nitrogen and oxygen atoms in total. The van der Waals surface area contributed by atoms with Crippen LogP contribution in [0.4, 0.5) is 5.69 Å². The predicted octanol–water partition coefficient (Wildman–Crippen LogP) is 4.03. The number of aliphatic hydroxyl groups is 1. The third kappa shape index (κ3) is 6.23. The van der Waals surface area contributed by atoms with Gasteiger partial charge in [0.2, 0.25) is 0 Å². The second kappa shape index (κ2) is 9.32. The summed E-state index contributed by atoms with van der Waals surface area (Å²) in [7, 11) is 0. The van der Waals surface area contributed by atoms with Gasteiger partial charge in [-0.15, -0.1) is 0 Å². The minimum Gasteiger partial charge on any atom is -0.390 e. The van der Waals surface area contributed by atoms with Gasteiger partial charge < -0.3 is 15.3 Å². The van der Waals surface area contributed by atoms with Gasteiger partial charge in [0.1, 0.15) is 0 Å². The summed E-state index contributed by atoms with van der Waals surface area (Å²) < 4.78 is 0. The fraction of sp³-hybridized carbons (Fsp3) is 0.714. The van der Waals surface area contributed by atoms with Crippen molar-refractivity contribution in [2.45, 2.75) is 51.2 Å². The van der Waals surface area contributed by atoms with Crippen molar-refractivity contribution < 1.29 is 5.11 Å². The van der Waals surface area contributed by atoms with Gasteiger partial charge in [0.05, 0.1) is 21.3 Å². The summed E-state index contributed by atoms with van der Waals surface area (Å²) in [5.74, 6) is 0.852. The van der Waals surface area contributed by atoms with Crippen LogP contribution in [0.15, 0.2) is 18.2 Å². The molecule has 0 amide bonds. The first kappa shape index (κ1) is 21.2. The Morgan fingerprint density at radius 2 is 1.85 bits per heavy atom. The molecule has 1 aromatic rings. The first-order chi connectivity index (χ1) is 12.8. The topological polar surface area (TPSA) is 38.7 Å². The van der Waals surface area contributed by atoms with E-state index in [2.05, 4.69) is 21.2 Å². The molecule has 0 bridgehead atoms. The summed E-state index contributed by atoms with van der Waals surface area (Å²) >= 11 is 12.5. The highest BCUT2D eigenvalue weighted by Crippen LogP contribution is 2.33. The lowest BCUT2D eigenvalue weighted by Crippen LogP contribution is -2.48. The molecule has 0 spiro atoms. The second-order valence-corrected chi connectivity index (χ2v) is 9.53. The van der Waals surface area contributed by atoms with E-state index in [1.165, 1.54) is 25.8 Å². The molecule has 2 N–H and O–H groups in total. The Labute approximate surface area is 173 Å². The lowest BCUT2D eigenvalue weighted by atomic mass is 9.78. The Balaban J connectivity index is 1.30. The van der Waals surface area contributed by atoms with Gasteiger partial charge in [-0.1, -0.05) is 29.3 Å². The van der Waals surface area contributed by atoms with Crippen molar-refractivity contribution in [2.75, 3.05) is 44.2 Å². The minimum atomic E-state index is -0.562. The van der Waals surface area contributed by atoms with Gasteiger partial charge in [0.25, 0.3) is 0 Å². The van der Waals surface area contributed by atoms with Gasteiger partial charge in [0.15, 0.2) is 0 Å². The fourth-order valence-electron chi connectivity index (χ4n) is 4.03. The summed E-state index contributed by atoms with van der Waals surface area (Å²) in [5, 5.41) is 14.6. The molecule has 2 fully saturated rings.